The Morgan fingerprint density at radius 3 is 2.88 bits per heavy atom. The molecule has 2 atom stereocenters. The van der Waals surface area contributed by atoms with Crippen LogP contribution in [-0.2, 0) is 4.79 Å². The van der Waals surface area contributed by atoms with E-state index in [2.05, 4.69) is 24.5 Å². The van der Waals surface area contributed by atoms with Crippen molar-refractivity contribution in [3.8, 4) is 0 Å². The van der Waals surface area contributed by atoms with Gasteiger partial charge in [-0.25, -0.2) is 0 Å². The highest BCUT2D eigenvalue weighted by molar-refractivity contribution is 7.99. The standard InChI is InChI=1S/C12H24N2OS/c1-3-7-13-9-12(15)14-10-5-6-11(8-10)16-4-2/h10-11,13H,3-9H2,1-2H3,(H,14,15). The largest absolute Gasteiger partial charge is 0.352 e. The van der Waals surface area contributed by atoms with Gasteiger partial charge >= 0.3 is 0 Å². The number of thioether (sulfide) groups is 1. The van der Waals surface area contributed by atoms with E-state index in [4.69, 9.17) is 0 Å². The molecule has 1 aliphatic carbocycles. The van der Waals surface area contributed by atoms with Crippen molar-refractivity contribution in [3.05, 3.63) is 0 Å². The molecule has 94 valence electrons. The van der Waals surface area contributed by atoms with Gasteiger partial charge in [0, 0.05) is 11.3 Å². The minimum Gasteiger partial charge on any atom is -0.352 e. The van der Waals surface area contributed by atoms with Crippen LogP contribution in [0, 0.1) is 0 Å². The van der Waals surface area contributed by atoms with E-state index in [0.717, 1.165) is 31.1 Å². The summed E-state index contributed by atoms with van der Waals surface area (Å²) in [6, 6.07) is 0.417. The first-order valence-electron chi connectivity index (χ1n) is 6.38. The van der Waals surface area contributed by atoms with Crippen LogP contribution in [0.1, 0.15) is 39.5 Å². The lowest BCUT2D eigenvalue weighted by molar-refractivity contribution is -0.120. The van der Waals surface area contributed by atoms with E-state index in [0.29, 0.717) is 12.6 Å². The molecule has 0 aromatic rings. The van der Waals surface area contributed by atoms with Crippen molar-refractivity contribution in [2.45, 2.75) is 50.8 Å². The summed E-state index contributed by atoms with van der Waals surface area (Å²) in [6.45, 7) is 5.70. The fourth-order valence-corrected chi connectivity index (χ4v) is 3.26. The molecule has 16 heavy (non-hydrogen) atoms. The molecule has 1 saturated carbocycles. The first-order valence-corrected chi connectivity index (χ1v) is 7.42. The molecule has 0 aromatic carbocycles. The Hall–Kier alpha value is -0.220. The molecule has 1 rings (SSSR count). The molecule has 2 unspecified atom stereocenters. The molecule has 0 saturated heterocycles. The van der Waals surface area contributed by atoms with Gasteiger partial charge in [-0.15, -0.1) is 0 Å². The molecule has 1 fully saturated rings. The summed E-state index contributed by atoms with van der Waals surface area (Å²) in [5.41, 5.74) is 0. The topological polar surface area (TPSA) is 41.1 Å². The molecule has 4 heteroatoms. The summed E-state index contributed by atoms with van der Waals surface area (Å²) in [5.74, 6) is 1.34. The molecule has 0 bridgehead atoms. The first-order chi connectivity index (χ1) is 7.76. The van der Waals surface area contributed by atoms with E-state index in [1.165, 1.54) is 12.2 Å². The Morgan fingerprint density at radius 1 is 1.38 bits per heavy atom. The zero-order valence-electron chi connectivity index (χ0n) is 10.4. The van der Waals surface area contributed by atoms with Crippen molar-refractivity contribution in [1.82, 2.24) is 10.6 Å². The predicted octanol–water partition coefficient (Wildman–Crippen LogP) is 1.78. The second-order valence-corrected chi connectivity index (χ2v) is 5.91. The molecule has 0 aromatic heterocycles. The zero-order chi connectivity index (χ0) is 11.8. The van der Waals surface area contributed by atoms with E-state index in [1.54, 1.807) is 0 Å². The maximum atomic E-state index is 11.6. The molecule has 0 heterocycles. The van der Waals surface area contributed by atoms with E-state index in [9.17, 15) is 4.79 Å². The van der Waals surface area contributed by atoms with Gasteiger partial charge in [0.15, 0.2) is 0 Å². The fourth-order valence-electron chi connectivity index (χ4n) is 2.12. The third kappa shape index (κ3) is 5.21. The minimum atomic E-state index is 0.153. The predicted molar refractivity (Wildman–Crippen MR) is 70.9 cm³/mol. The van der Waals surface area contributed by atoms with Gasteiger partial charge in [0.25, 0.3) is 0 Å². The molecular weight excluding hydrogens is 220 g/mol. The van der Waals surface area contributed by atoms with Gasteiger partial charge in [0.1, 0.15) is 0 Å². The third-order valence-corrected chi connectivity index (χ3v) is 4.10. The Balaban J connectivity index is 2.11. The van der Waals surface area contributed by atoms with Crippen LogP contribution in [0.5, 0.6) is 0 Å². The average molecular weight is 244 g/mol. The monoisotopic (exact) mass is 244 g/mol. The molecule has 3 nitrogen and oxygen atoms in total. The van der Waals surface area contributed by atoms with Crippen LogP contribution < -0.4 is 10.6 Å². The molecular formula is C12H24N2OS. The molecule has 0 spiro atoms. The van der Waals surface area contributed by atoms with E-state index >= 15 is 0 Å². The van der Waals surface area contributed by atoms with E-state index in [1.807, 2.05) is 11.8 Å². The van der Waals surface area contributed by atoms with Crippen LogP contribution in [-0.4, -0.2) is 36.0 Å². The van der Waals surface area contributed by atoms with Crippen LogP contribution in [0.25, 0.3) is 0 Å². The van der Waals surface area contributed by atoms with Crippen LogP contribution in [0.3, 0.4) is 0 Å². The Kier molecular flexibility index (Phi) is 6.88. The van der Waals surface area contributed by atoms with Gasteiger partial charge in [-0.3, -0.25) is 4.79 Å². The van der Waals surface area contributed by atoms with E-state index in [-0.39, 0.29) is 5.91 Å². The van der Waals surface area contributed by atoms with Crippen molar-refractivity contribution in [2.24, 2.45) is 0 Å². The smallest absolute Gasteiger partial charge is 0.234 e. The number of hydrogen-bond donors (Lipinski definition) is 2. The number of rotatable bonds is 7. The van der Waals surface area contributed by atoms with Crippen molar-refractivity contribution < 1.29 is 4.79 Å². The quantitative estimate of drug-likeness (QED) is 0.671. The highest BCUT2D eigenvalue weighted by Gasteiger charge is 2.25. The summed E-state index contributed by atoms with van der Waals surface area (Å²) in [4.78, 5) is 11.6. The third-order valence-electron chi connectivity index (χ3n) is 2.86. The highest BCUT2D eigenvalue weighted by Crippen LogP contribution is 2.29. The lowest BCUT2D eigenvalue weighted by Gasteiger charge is -2.13. The summed E-state index contributed by atoms with van der Waals surface area (Å²) in [6.07, 6.45) is 4.63. The minimum absolute atomic E-state index is 0.153. The average Bonchev–Trinajstić information content (AvgIpc) is 2.66. The number of carbonyl (C=O) groups is 1. The molecule has 2 N–H and O–H groups in total. The SMILES string of the molecule is CCCNCC(=O)NC1CCC(SCC)C1. The maximum absolute atomic E-state index is 11.6. The van der Waals surface area contributed by atoms with Crippen LogP contribution >= 0.6 is 11.8 Å². The summed E-state index contributed by atoms with van der Waals surface area (Å²) in [5, 5.41) is 7.00. The number of amides is 1. The van der Waals surface area contributed by atoms with Crippen molar-refractivity contribution in [1.29, 1.82) is 0 Å². The Labute approximate surface area is 103 Å². The van der Waals surface area contributed by atoms with Gasteiger partial charge in [0.05, 0.1) is 6.54 Å². The summed E-state index contributed by atoms with van der Waals surface area (Å²) in [7, 11) is 0. The maximum Gasteiger partial charge on any atom is 0.234 e. The van der Waals surface area contributed by atoms with Crippen LogP contribution in [0.4, 0.5) is 0 Å². The van der Waals surface area contributed by atoms with Crippen LogP contribution in [0.2, 0.25) is 0 Å². The highest BCUT2D eigenvalue weighted by atomic mass is 32.2. The van der Waals surface area contributed by atoms with Crippen molar-refractivity contribution in [3.63, 3.8) is 0 Å². The summed E-state index contributed by atoms with van der Waals surface area (Å²) < 4.78 is 0. The molecule has 0 aliphatic heterocycles. The first kappa shape index (κ1) is 13.8. The van der Waals surface area contributed by atoms with Gasteiger partial charge < -0.3 is 10.6 Å². The number of carbonyl (C=O) groups excluding carboxylic acids is 1. The lowest BCUT2D eigenvalue weighted by Crippen LogP contribution is -2.39. The van der Waals surface area contributed by atoms with Crippen molar-refractivity contribution >= 4 is 17.7 Å². The van der Waals surface area contributed by atoms with Gasteiger partial charge in [-0.05, 0) is 38.0 Å². The van der Waals surface area contributed by atoms with Gasteiger partial charge in [0.2, 0.25) is 5.91 Å². The Bertz CT molecular complexity index is 211. The fraction of sp³-hybridized carbons (Fsp3) is 0.917. The Morgan fingerprint density at radius 2 is 2.19 bits per heavy atom. The second kappa shape index (κ2) is 7.96. The van der Waals surface area contributed by atoms with Gasteiger partial charge in [-0.2, -0.15) is 11.8 Å². The molecule has 0 radical (unpaired) electrons. The van der Waals surface area contributed by atoms with Gasteiger partial charge in [-0.1, -0.05) is 13.8 Å². The summed E-state index contributed by atoms with van der Waals surface area (Å²) >= 11 is 2.02. The normalized spacial score (nSPS) is 24.6. The van der Waals surface area contributed by atoms with E-state index < -0.39 is 0 Å². The second-order valence-electron chi connectivity index (χ2n) is 4.33. The zero-order valence-corrected chi connectivity index (χ0v) is 11.2. The van der Waals surface area contributed by atoms with Crippen molar-refractivity contribution in [2.75, 3.05) is 18.8 Å². The number of nitrogens with one attached hydrogen (secondary N) is 2. The molecule has 1 amide bonds. The lowest BCUT2D eigenvalue weighted by atomic mass is 10.2. The number of hydrogen-bond acceptors (Lipinski definition) is 3. The van der Waals surface area contributed by atoms with Crippen LogP contribution in [0.15, 0.2) is 0 Å². The molecule has 1 aliphatic rings.